The number of carbonyl (C=O) groups is 4. The molecule has 0 bridgehead atoms. The molecule has 0 spiro atoms. The van der Waals surface area contributed by atoms with Gasteiger partial charge in [-0.3, -0.25) is 19.2 Å². The maximum Gasteiger partial charge on any atom is 3.00 e. The van der Waals surface area contributed by atoms with Gasteiger partial charge in [0.25, 0.3) is 0 Å². The van der Waals surface area contributed by atoms with Crippen molar-refractivity contribution in [3.63, 3.8) is 0 Å². The third kappa shape index (κ3) is 31.1. The van der Waals surface area contributed by atoms with Gasteiger partial charge in [-0.25, -0.2) is 0 Å². The molecular formula is C44H76Fe2O8+2. The molecule has 0 fully saturated rings. The van der Waals surface area contributed by atoms with Gasteiger partial charge in [-0.15, -0.1) is 23.0 Å². The zero-order valence-corrected chi connectivity index (χ0v) is 40.5. The van der Waals surface area contributed by atoms with Crippen LogP contribution in [0.15, 0.2) is 47.3 Å². The van der Waals surface area contributed by atoms with E-state index in [9.17, 15) is 39.6 Å². The van der Waals surface area contributed by atoms with Gasteiger partial charge < -0.3 is 20.4 Å². The molecule has 0 saturated carbocycles. The number of rotatable bonds is 4. The molecule has 2 radical (unpaired) electrons. The van der Waals surface area contributed by atoms with E-state index in [2.05, 4.69) is 0 Å². The fourth-order valence-corrected chi connectivity index (χ4v) is 2.21. The Morgan fingerprint density at radius 3 is 0.407 bits per heavy atom. The number of hydrogen-bond acceptors (Lipinski definition) is 8. The monoisotopic (exact) mass is 844 g/mol. The van der Waals surface area contributed by atoms with Gasteiger partial charge in [-0.1, -0.05) is 166 Å². The van der Waals surface area contributed by atoms with Gasteiger partial charge >= 0.3 is 34.1 Å². The Kier molecular flexibility index (Phi) is 27.4. The van der Waals surface area contributed by atoms with Gasteiger partial charge in [0.15, 0.2) is 23.1 Å². The van der Waals surface area contributed by atoms with Gasteiger partial charge in [0, 0.05) is 21.7 Å². The molecule has 0 heterocycles. The summed E-state index contributed by atoms with van der Waals surface area (Å²) in [5.74, 6) is -0.834. The van der Waals surface area contributed by atoms with Crippen molar-refractivity contribution in [2.75, 3.05) is 0 Å². The molecule has 0 aromatic carbocycles. The van der Waals surface area contributed by atoms with Crippen molar-refractivity contribution >= 4 is 23.1 Å². The number of allylic oxidation sites excluding steroid dienone is 8. The van der Waals surface area contributed by atoms with E-state index in [1.165, 1.54) is 24.3 Å². The second-order valence-corrected chi connectivity index (χ2v) is 21.5. The molecule has 0 aliphatic carbocycles. The zero-order chi connectivity index (χ0) is 43.4. The Morgan fingerprint density at radius 2 is 0.352 bits per heavy atom. The van der Waals surface area contributed by atoms with Gasteiger partial charge in [-0.05, 0) is 46.0 Å². The van der Waals surface area contributed by atoms with Crippen LogP contribution in [-0.4, -0.2) is 23.1 Å². The van der Waals surface area contributed by atoms with E-state index in [4.69, 9.17) is 0 Å². The molecule has 0 rings (SSSR count). The molecule has 0 aliphatic heterocycles. The first-order valence-electron chi connectivity index (χ1n) is 17.9. The predicted molar refractivity (Wildman–Crippen MR) is 208 cm³/mol. The van der Waals surface area contributed by atoms with E-state index < -0.39 is 43.3 Å². The molecule has 0 aromatic rings. The third-order valence-electron chi connectivity index (χ3n) is 6.96. The molecule has 0 aliphatic rings. The van der Waals surface area contributed by atoms with E-state index in [0.717, 1.165) is 0 Å². The second kappa shape index (κ2) is 23.2. The van der Waals surface area contributed by atoms with Crippen LogP contribution in [-0.2, 0) is 53.3 Å². The van der Waals surface area contributed by atoms with Gasteiger partial charge in [0.1, 0.15) is 0 Å². The van der Waals surface area contributed by atoms with Crippen molar-refractivity contribution in [3.05, 3.63) is 47.3 Å². The molecule has 10 heteroatoms. The van der Waals surface area contributed by atoms with E-state index >= 15 is 0 Å². The molecule has 8 nitrogen and oxygen atoms in total. The maximum atomic E-state index is 11.4. The molecule has 0 N–H and O–H groups in total. The Morgan fingerprint density at radius 1 is 0.259 bits per heavy atom. The normalized spacial score (nSPS) is 13.9. The first-order valence-corrected chi connectivity index (χ1v) is 17.9. The van der Waals surface area contributed by atoms with Crippen LogP contribution in [0.1, 0.15) is 166 Å². The SMILES string of the molecule is CC(C)(C)C(=O)/C=C(/[O-])C(C)(C)C.CC(C)(C)C(=O)/C=C(/[O-])C(C)(C)C.CC(C)(C)C(=O)/C=C(\[O-])C(C)(C)C.CC(C)(C)C(=O)/C=C(\[O-])C(C)(C)C.[Fe+3].[Fe+3]. The average Bonchev–Trinajstić information content (AvgIpc) is 2.85. The average molecular weight is 845 g/mol. The van der Waals surface area contributed by atoms with Crippen LogP contribution in [0.25, 0.3) is 0 Å². The summed E-state index contributed by atoms with van der Waals surface area (Å²) < 4.78 is 0. The largest absolute Gasteiger partial charge is 3.00 e. The minimum atomic E-state index is -0.457. The van der Waals surface area contributed by atoms with Crippen molar-refractivity contribution < 1.29 is 73.7 Å². The van der Waals surface area contributed by atoms with Crippen molar-refractivity contribution in [2.24, 2.45) is 43.3 Å². The molecule has 0 atom stereocenters. The Bertz CT molecular complexity index is 1110. The summed E-state index contributed by atoms with van der Waals surface area (Å²) in [6.07, 6.45) is 4.89. The first-order chi connectivity index (χ1) is 22.2. The summed E-state index contributed by atoms with van der Waals surface area (Å²) in [6, 6.07) is 0. The van der Waals surface area contributed by atoms with Crippen molar-refractivity contribution in [2.45, 2.75) is 166 Å². The van der Waals surface area contributed by atoms with E-state index in [1.54, 1.807) is 0 Å². The van der Waals surface area contributed by atoms with E-state index in [0.29, 0.717) is 0 Å². The fourth-order valence-electron chi connectivity index (χ4n) is 2.21. The fraction of sp³-hybridized carbons (Fsp3) is 0.727. The summed E-state index contributed by atoms with van der Waals surface area (Å²) in [5, 5.41) is 45.8. The number of ketones is 4. The van der Waals surface area contributed by atoms with Crippen LogP contribution in [0, 0.1) is 43.3 Å². The second-order valence-electron chi connectivity index (χ2n) is 21.5. The minimum absolute atomic E-state index is 0. The topological polar surface area (TPSA) is 161 Å². The molecule has 0 aromatic heterocycles. The van der Waals surface area contributed by atoms with Crippen LogP contribution >= 0.6 is 0 Å². The molecule has 0 unspecified atom stereocenters. The molecule has 0 saturated heterocycles. The quantitative estimate of drug-likeness (QED) is 0.159. The number of carbonyl (C=O) groups excluding carboxylic acids is 4. The molecular weight excluding hydrogens is 768 g/mol. The maximum absolute atomic E-state index is 11.4. The summed E-state index contributed by atoms with van der Waals surface area (Å²) in [4.78, 5) is 45.8. The van der Waals surface area contributed by atoms with E-state index in [-0.39, 0.29) is 80.3 Å². The molecule has 0 amide bonds. The van der Waals surface area contributed by atoms with Gasteiger partial charge in [-0.2, -0.15) is 0 Å². The Balaban J connectivity index is -0.000000140. The van der Waals surface area contributed by atoms with Crippen molar-refractivity contribution in [1.82, 2.24) is 0 Å². The summed E-state index contributed by atoms with van der Waals surface area (Å²) in [6.45, 7) is 43.4. The van der Waals surface area contributed by atoms with Crippen molar-refractivity contribution in [1.29, 1.82) is 0 Å². The summed E-state index contributed by atoms with van der Waals surface area (Å²) in [5.41, 5.74) is -3.66. The smallest absolute Gasteiger partial charge is 0.875 e. The Labute approximate surface area is 352 Å². The van der Waals surface area contributed by atoms with Crippen LogP contribution in [0.2, 0.25) is 0 Å². The van der Waals surface area contributed by atoms with Gasteiger partial charge in [0.05, 0.1) is 0 Å². The number of hydrogen-bond donors (Lipinski definition) is 0. The molecule has 54 heavy (non-hydrogen) atoms. The zero-order valence-electron chi connectivity index (χ0n) is 38.3. The first kappa shape index (κ1) is 63.8. The summed E-state index contributed by atoms with van der Waals surface area (Å²) >= 11 is 0. The standard InChI is InChI=1S/4C11H20O2.2Fe/c4*1-10(2,3)8(12)7-9(13)11(4,5)6;;/h4*7,12H,1-6H3;;/q;;;;2*+3/p-4/b2*8-7+;2*8-7-;;. The predicted octanol–water partition coefficient (Wildman–Crippen LogP) is 7.56. The van der Waals surface area contributed by atoms with E-state index in [1.807, 2.05) is 166 Å². The van der Waals surface area contributed by atoms with Crippen LogP contribution < -0.4 is 20.4 Å². The van der Waals surface area contributed by atoms with Crippen LogP contribution in [0.4, 0.5) is 0 Å². The minimum Gasteiger partial charge on any atom is -0.875 e. The van der Waals surface area contributed by atoms with Crippen LogP contribution in [0.3, 0.4) is 0 Å². The Hall–Kier alpha value is -2.12. The third-order valence-corrected chi connectivity index (χ3v) is 6.96. The molecule has 314 valence electrons. The van der Waals surface area contributed by atoms with Crippen molar-refractivity contribution in [3.8, 4) is 0 Å². The summed E-state index contributed by atoms with van der Waals surface area (Å²) in [7, 11) is 0. The van der Waals surface area contributed by atoms with Gasteiger partial charge in [0.2, 0.25) is 0 Å². The van der Waals surface area contributed by atoms with Crippen LogP contribution in [0.5, 0.6) is 0 Å².